The molecule has 3 rings (SSSR count). The Kier molecular flexibility index (Phi) is 6.21. The third-order valence-electron chi connectivity index (χ3n) is 4.58. The number of nitrogen functional groups attached to an aromatic ring is 1. The van der Waals surface area contributed by atoms with E-state index in [2.05, 4.69) is 0 Å². The highest BCUT2D eigenvalue weighted by molar-refractivity contribution is 7.14. The molecule has 1 aromatic heterocycles. The van der Waals surface area contributed by atoms with Crippen LogP contribution in [0, 0.1) is 0 Å². The van der Waals surface area contributed by atoms with Crippen molar-refractivity contribution in [2.24, 2.45) is 0 Å². The van der Waals surface area contributed by atoms with Crippen molar-refractivity contribution in [1.29, 1.82) is 0 Å². The van der Waals surface area contributed by atoms with Gasteiger partial charge >= 0.3 is 0 Å². The van der Waals surface area contributed by atoms with E-state index in [1.807, 2.05) is 41.8 Å². The molecule has 0 amide bonds. The van der Waals surface area contributed by atoms with Crippen LogP contribution in [0.15, 0.2) is 47.8 Å². The number of hydrogen-bond donors (Lipinski definition) is 1. The van der Waals surface area contributed by atoms with Crippen molar-refractivity contribution in [3.63, 3.8) is 0 Å². The standard InChI is InChI=1S/C22H23NO4S/c1-25-18-12-15(13-19(26-2)21(18)27-3)5-4-14-6-8-16(9-7-14)20(24)17-10-11-28-22(17)23/h6-13H,4-5,23H2,1-3H3. The molecular formula is C22H23NO4S. The van der Waals surface area contributed by atoms with Crippen LogP contribution < -0.4 is 19.9 Å². The predicted octanol–water partition coefficient (Wildman–Crippen LogP) is 4.37. The van der Waals surface area contributed by atoms with Gasteiger partial charge in [-0.25, -0.2) is 0 Å². The van der Waals surface area contributed by atoms with E-state index >= 15 is 0 Å². The Morgan fingerprint density at radius 3 is 2.00 bits per heavy atom. The van der Waals surface area contributed by atoms with Crippen LogP contribution in [0.3, 0.4) is 0 Å². The summed E-state index contributed by atoms with van der Waals surface area (Å²) in [6.45, 7) is 0. The van der Waals surface area contributed by atoms with Gasteiger partial charge in [0.1, 0.15) is 0 Å². The summed E-state index contributed by atoms with van der Waals surface area (Å²) in [5, 5.41) is 2.38. The zero-order valence-electron chi connectivity index (χ0n) is 16.2. The molecule has 146 valence electrons. The molecule has 0 spiro atoms. The first-order chi connectivity index (χ1) is 13.6. The maximum Gasteiger partial charge on any atom is 0.203 e. The Balaban J connectivity index is 1.72. The zero-order valence-corrected chi connectivity index (χ0v) is 17.0. The van der Waals surface area contributed by atoms with Gasteiger partial charge in [0.05, 0.1) is 31.9 Å². The van der Waals surface area contributed by atoms with Crippen molar-refractivity contribution in [3.05, 3.63) is 70.1 Å². The van der Waals surface area contributed by atoms with Crippen LogP contribution in [0.4, 0.5) is 5.00 Å². The molecule has 2 aromatic carbocycles. The minimum Gasteiger partial charge on any atom is -0.493 e. The Morgan fingerprint density at radius 2 is 1.50 bits per heavy atom. The van der Waals surface area contributed by atoms with Crippen LogP contribution in [0.2, 0.25) is 0 Å². The van der Waals surface area contributed by atoms with Gasteiger partial charge in [-0.1, -0.05) is 24.3 Å². The highest BCUT2D eigenvalue weighted by Crippen LogP contribution is 2.38. The van der Waals surface area contributed by atoms with Crippen molar-refractivity contribution in [2.45, 2.75) is 12.8 Å². The van der Waals surface area contributed by atoms with Crippen LogP contribution in [-0.4, -0.2) is 27.1 Å². The summed E-state index contributed by atoms with van der Waals surface area (Å²) < 4.78 is 16.2. The first-order valence-electron chi connectivity index (χ1n) is 8.82. The summed E-state index contributed by atoms with van der Waals surface area (Å²) in [6.07, 6.45) is 1.63. The van der Waals surface area contributed by atoms with Gasteiger partial charge in [0.15, 0.2) is 17.3 Å². The van der Waals surface area contributed by atoms with E-state index in [-0.39, 0.29) is 5.78 Å². The number of aryl methyl sites for hydroxylation is 2. The summed E-state index contributed by atoms with van der Waals surface area (Å²) >= 11 is 1.37. The summed E-state index contributed by atoms with van der Waals surface area (Å²) in [7, 11) is 4.81. The highest BCUT2D eigenvalue weighted by atomic mass is 32.1. The van der Waals surface area contributed by atoms with Crippen LogP contribution in [-0.2, 0) is 12.8 Å². The van der Waals surface area contributed by atoms with Gasteiger partial charge in [-0.15, -0.1) is 11.3 Å². The first kappa shape index (κ1) is 19.8. The smallest absolute Gasteiger partial charge is 0.203 e. The quantitative estimate of drug-likeness (QED) is 0.572. The molecule has 0 aliphatic heterocycles. The SMILES string of the molecule is COc1cc(CCc2ccc(C(=O)c3ccsc3N)cc2)cc(OC)c1OC. The number of thiophene rings is 1. The Labute approximate surface area is 168 Å². The number of methoxy groups -OCH3 is 3. The van der Waals surface area contributed by atoms with Gasteiger partial charge in [0.25, 0.3) is 0 Å². The summed E-state index contributed by atoms with van der Waals surface area (Å²) in [6, 6.07) is 13.3. The lowest BCUT2D eigenvalue weighted by Gasteiger charge is -2.14. The first-order valence-corrected chi connectivity index (χ1v) is 9.70. The lowest BCUT2D eigenvalue weighted by Crippen LogP contribution is -2.03. The number of rotatable bonds is 8. The molecule has 0 saturated carbocycles. The van der Waals surface area contributed by atoms with Gasteiger partial charge in [-0.05, 0) is 47.5 Å². The average molecular weight is 397 g/mol. The number of ether oxygens (including phenoxy) is 3. The molecule has 1 heterocycles. The van der Waals surface area contributed by atoms with Crippen LogP contribution >= 0.6 is 11.3 Å². The number of hydrogen-bond acceptors (Lipinski definition) is 6. The number of benzene rings is 2. The topological polar surface area (TPSA) is 70.8 Å². The van der Waals surface area contributed by atoms with Crippen molar-refractivity contribution >= 4 is 22.1 Å². The molecule has 6 heteroatoms. The second-order valence-corrected chi connectivity index (χ2v) is 7.21. The van der Waals surface area contributed by atoms with E-state index in [4.69, 9.17) is 19.9 Å². The molecule has 0 atom stereocenters. The number of ketones is 1. The fraction of sp³-hybridized carbons (Fsp3) is 0.227. The maximum absolute atomic E-state index is 12.5. The van der Waals surface area contributed by atoms with Gasteiger partial charge < -0.3 is 19.9 Å². The molecule has 0 radical (unpaired) electrons. The third-order valence-corrected chi connectivity index (χ3v) is 5.33. The minimum absolute atomic E-state index is 0.0464. The predicted molar refractivity (Wildman–Crippen MR) is 112 cm³/mol. The van der Waals surface area contributed by atoms with E-state index in [0.29, 0.717) is 33.4 Å². The maximum atomic E-state index is 12.5. The van der Waals surface area contributed by atoms with Crippen molar-refractivity contribution in [3.8, 4) is 17.2 Å². The second kappa shape index (κ2) is 8.80. The summed E-state index contributed by atoms with van der Waals surface area (Å²) in [5.74, 6) is 1.83. The lowest BCUT2D eigenvalue weighted by molar-refractivity contribution is 0.104. The monoisotopic (exact) mass is 397 g/mol. The third kappa shape index (κ3) is 4.12. The van der Waals surface area contributed by atoms with Gasteiger partial charge in [-0.3, -0.25) is 4.79 Å². The zero-order chi connectivity index (χ0) is 20.1. The fourth-order valence-electron chi connectivity index (χ4n) is 3.06. The molecule has 0 unspecified atom stereocenters. The Morgan fingerprint density at radius 1 is 0.893 bits per heavy atom. The lowest BCUT2D eigenvalue weighted by atomic mass is 10.00. The van der Waals surface area contributed by atoms with Gasteiger partial charge in [-0.2, -0.15) is 0 Å². The second-order valence-electron chi connectivity index (χ2n) is 6.26. The molecule has 2 N–H and O–H groups in total. The van der Waals surface area contributed by atoms with Crippen molar-refractivity contribution in [2.75, 3.05) is 27.1 Å². The van der Waals surface area contributed by atoms with Gasteiger partial charge in [0.2, 0.25) is 5.75 Å². The van der Waals surface area contributed by atoms with Crippen LogP contribution in [0.1, 0.15) is 27.0 Å². The number of nitrogens with two attached hydrogens (primary N) is 1. The van der Waals surface area contributed by atoms with Crippen molar-refractivity contribution < 1.29 is 19.0 Å². The van der Waals surface area contributed by atoms with Gasteiger partial charge in [0, 0.05) is 5.56 Å². The minimum atomic E-state index is -0.0464. The van der Waals surface area contributed by atoms with E-state index in [0.717, 1.165) is 24.0 Å². The molecule has 0 fully saturated rings. The van der Waals surface area contributed by atoms with E-state index < -0.39 is 0 Å². The van der Waals surface area contributed by atoms with Crippen molar-refractivity contribution in [1.82, 2.24) is 0 Å². The number of anilines is 1. The summed E-state index contributed by atoms with van der Waals surface area (Å²) in [5.41, 5.74) is 9.29. The largest absolute Gasteiger partial charge is 0.493 e. The molecule has 0 bridgehead atoms. The Hall–Kier alpha value is -2.99. The molecule has 0 aliphatic carbocycles. The molecule has 0 aliphatic rings. The molecule has 3 aromatic rings. The fourth-order valence-corrected chi connectivity index (χ4v) is 3.69. The van der Waals surface area contributed by atoms with E-state index in [1.54, 1.807) is 27.4 Å². The average Bonchev–Trinajstić information content (AvgIpc) is 3.16. The molecule has 0 saturated heterocycles. The number of carbonyl (C=O) groups excluding carboxylic acids is 1. The molecular weight excluding hydrogens is 374 g/mol. The van der Waals surface area contributed by atoms with Crippen LogP contribution in [0.5, 0.6) is 17.2 Å². The van der Waals surface area contributed by atoms with E-state index in [9.17, 15) is 4.79 Å². The molecule has 5 nitrogen and oxygen atoms in total. The highest BCUT2D eigenvalue weighted by Gasteiger charge is 2.14. The summed E-state index contributed by atoms with van der Waals surface area (Å²) in [4.78, 5) is 12.5. The number of carbonyl (C=O) groups is 1. The Bertz CT molecular complexity index is 938. The molecule has 28 heavy (non-hydrogen) atoms. The van der Waals surface area contributed by atoms with E-state index in [1.165, 1.54) is 11.3 Å². The van der Waals surface area contributed by atoms with Crippen LogP contribution in [0.25, 0.3) is 0 Å². The normalized spacial score (nSPS) is 10.5.